The standard InChI is InChI=1S/C26H27N5O3/c32-24(28-17-23-12-4-5-14-27-23)19-8-6-13-22(16-19)29-25(33)20-9-7-15-31(18-20)26(34)30-21-10-2-1-3-11-21/h1-6,8,10-14,16,20H,7,9,15,17-18H2,(H,28,32)(H,29,33)(H,30,34). The SMILES string of the molecule is O=C(NCc1ccccn1)c1cccc(NC(=O)C2CCCN(C(=O)Nc3ccccc3)C2)c1. The Balaban J connectivity index is 1.32. The summed E-state index contributed by atoms with van der Waals surface area (Å²) in [7, 11) is 0. The number of likely N-dealkylation sites (tertiary alicyclic amines) is 1. The number of carbonyl (C=O) groups is 3. The summed E-state index contributed by atoms with van der Waals surface area (Å²) >= 11 is 0. The molecule has 2 aromatic carbocycles. The molecular weight excluding hydrogens is 430 g/mol. The van der Waals surface area contributed by atoms with Crippen LogP contribution in [0.1, 0.15) is 28.9 Å². The quantitative estimate of drug-likeness (QED) is 0.522. The van der Waals surface area contributed by atoms with Gasteiger partial charge in [0.05, 0.1) is 18.2 Å². The Hall–Kier alpha value is -4.20. The van der Waals surface area contributed by atoms with Crippen molar-refractivity contribution in [3.05, 3.63) is 90.3 Å². The van der Waals surface area contributed by atoms with Gasteiger partial charge in [-0.1, -0.05) is 30.3 Å². The highest BCUT2D eigenvalue weighted by molar-refractivity contribution is 5.98. The van der Waals surface area contributed by atoms with Crippen LogP contribution in [0.4, 0.5) is 16.2 Å². The van der Waals surface area contributed by atoms with E-state index in [1.165, 1.54) is 0 Å². The molecule has 2 heterocycles. The Bertz CT molecular complexity index is 1140. The molecule has 174 valence electrons. The molecule has 0 bridgehead atoms. The molecule has 1 saturated heterocycles. The highest BCUT2D eigenvalue weighted by atomic mass is 16.2. The molecule has 1 aromatic heterocycles. The van der Waals surface area contributed by atoms with Crippen LogP contribution in [0.25, 0.3) is 0 Å². The fourth-order valence-corrected chi connectivity index (χ4v) is 3.86. The Morgan fingerprint density at radius 1 is 0.912 bits per heavy atom. The van der Waals surface area contributed by atoms with Crippen LogP contribution >= 0.6 is 0 Å². The molecule has 1 aliphatic rings. The molecule has 34 heavy (non-hydrogen) atoms. The number of anilines is 2. The van der Waals surface area contributed by atoms with Gasteiger partial charge in [-0.15, -0.1) is 0 Å². The largest absolute Gasteiger partial charge is 0.346 e. The van der Waals surface area contributed by atoms with Gasteiger partial charge in [-0.3, -0.25) is 14.6 Å². The summed E-state index contributed by atoms with van der Waals surface area (Å²) in [6.45, 7) is 1.27. The molecule has 3 aromatic rings. The third kappa shape index (κ3) is 6.19. The van der Waals surface area contributed by atoms with Crippen LogP contribution in [0.5, 0.6) is 0 Å². The number of benzene rings is 2. The number of rotatable bonds is 6. The molecule has 0 aliphatic carbocycles. The van der Waals surface area contributed by atoms with E-state index in [0.717, 1.165) is 17.8 Å². The van der Waals surface area contributed by atoms with E-state index in [1.807, 2.05) is 48.5 Å². The van der Waals surface area contributed by atoms with Gasteiger partial charge in [0.2, 0.25) is 5.91 Å². The number of amides is 4. The Morgan fingerprint density at radius 2 is 1.71 bits per heavy atom. The van der Waals surface area contributed by atoms with Crippen molar-refractivity contribution in [2.24, 2.45) is 5.92 Å². The maximum absolute atomic E-state index is 12.9. The lowest BCUT2D eigenvalue weighted by molar-refractivity contribution is -0.121. The number of hydrogen-bond acceptors (Lipinski definition) is 4. The second kappa shape index (κ2) is 11.1. The van der Waals surface area contributed by atoms with E-state index in [-0.39, 0.29) is 23.8 Å². The molecule has 1 unspecified atom stereocenters. The number of aromatic nitrogens is 1. The number of pyridine rings is 1. The number of hydrogen-bond donors (Lipinski definition) is 3. The van der Waals surface area contributed by atoms with Crippen molar-refractivity contribution in [3.63, 3.8) is 0 Å². The zero-order valence-electron chi connectivity index (χ0n) is 18.7. The van der Waals surface area contributed by atoms with Gasteiger partial charge in [-0.25, -0.2) is 4.79 Å². The fraction of sp³-hybridized carbons (Fsp3) is 0.231. The number of urea groups is 1. The number of nitrogens with zero attached hydrogens (tertiary/aromatic N) is 2. The molecule has 1 aliphatic heterocycles. The molecule has 1 atom stereocenters. The summed E-state index contributed by atoms with van der Waals surface area (Å²) in [5.41, 5.74) is 2.47. The van der Waals surface area contributed by atoms with Crippen LogP contribution in [-0.4, -0.2) is 40.8 Å². The predicted molar refractivity (Wildman–Crippen MR) is 130 cm³/mol. The molecule has 1 fully saturated rings. The maximum Gasteiger partial charge on any atom is 0.321 e. The first kappa shape index (κ1) is 23.0. The summed E-state index contributed by atoms with van der Waals surface area (Å²) in [6.07, 6.45) is 3.12. The van der Waals surface area contributed by atoms with Gasteiger partial charge < -0.3 is 20.9 Å². The average Bonchev–Trinajstić information content (AvgIpc) is 2.88. The van der Waals surface area contributed by atoms with Crippen LogP contribution in [0.3, 0.4) is 0 Å². The van der Waals surface area contributed by atoms with Gasteiger partial charge >= 0.3 is 6.03 Å². The molecule has 3 N–H and O–H groups in total. The van der Waals surface area contributed by atoms with Crippen LogP contribution in [0.2, 0.25) is 0 Å². The van der Waals surface area contributed by atoms with Crippen LogP contribution in [-0.2, 0) is 11.3 Å². The van der Waals surface area contributed by atoms with E-state index in [9.17, 15) is 14.4 Å². The summed E-state index contributed by atoms with van der Waals surface area (Å²) in [4.78, 5) is 43.9. The molecule has 8 heteroatoms. The average molecular weight is 458 g/mol. The molecule has 0 radical (unpaired) electrons. The minimum absolute atomic E-state index is 0.164. The van der Waals surface area contributed by atoms with Crippen LogP contribution in [0, 0.1) is 5.92 Å². The maximum atomic E-state index is 12.9. The van der Waals surface area contributed by atoms with E-state index >= 15 is 0 Å². The summed E-state index contributed by atoms with van der Waals surface area (Å²) < 4.78 is 0. The van der Waals surface area contributed by atoms with Gasteiger partial charge in [-0.05, 0) is 55.3 Å². The zero-order valence-corrected chi connectivity index (χ0v) is 18.7. The van der Waals surface area contributed by atoms with Crippen LogP contribution < -0.4 is 16.0 Å². The molecule has 0 spiro atoms. The van der Waals surface area contributed by atoms with Gasteiger partial charge in [0.1, 0.15) is 0 Å². The Labute approximate surface area is 198 Å². The minimum Gasteiger partial charge on any atom is -0.346 e. The lowest BCUT2D eigenvalue weighted by Gasteiger charge is -2.32. The van der Waals surface area contributed by atoms with Crippen molar-refractivity contribution < 1.29 is 14.4 Å². The van der Waals surface area contributed by atoms with E-state index in [2.05, 4.69) is 20.9 Å². The van der Waals surface area contributed by atoms with Gasteiger partial charge in [0, 0.05) is 36.2 Å². The third-order valence-electron chi connectivity index (χ3n) is 5.65. The number of piperidine rings is 1. The first-order valence-electron chi connectivity index (χ1n) is 11.3. The van der Waals surface area contributed by atoms with Crippen molar-refractivity contribution in [2.45, 2.75) is 19.4 Å². The number of para-hydroxylation sites is 1. The van der Waals surface area contributed by atoms with Gasteiger partial charge in [0.25, 0.3) is 5.91 Å². The summed E-state index contributed by atoms with van der Waals surface area (Å²) in [5, 5.41) is 8.60. The van der Waals surface area contributed by atoms with Crippen molar-refractivity contribution in [3.8, 4) is 0 Å². The lowest BCUT2D eigenvalue weighted by Crippen LogP contribution is -2.45. The van der Waals surface area contributed by atoms with Gasteiger partial charge in [-0.2, -0.15) is 0 Å². The van der Waals surface area contributed by atoms with Crippen LogP contribution in [0.15, 0.2) is 79.0 Å². The summed E-state index contributed by atoms with van der Waals surface area (Å²) in [6, 6.07) is 21.4. The van der Waals surface area contributed by atoms with Crippen molar-refractivity contribution in [1.29, 1.82) is 0 Å². The minimum atomic E-state index is -0.322. The summed E-state index contributed by atoms with van der Waals surface area (Å²) in [5.74, 6) is -0.733. The van der Waals surface area contributed by atoms with Crippen molar-refractivity contribution in [2.75, 3.05) is 23.7 Å². The predicted octanol–water partition coefficient (Wildman–Crippen LogP) is 3.89. The van der Waals surface area contributed by atoms with Crippen molar-refractivity contribution >= 4 is 29.2 Å². The molecular formula is C26H27N5O3. The highest BCUT2D eigenvalue weighted by Crippen LogP contribution is 2.20. The van der Waals surface area contributed by atoms with Gasteiger partial charge in [0.15, 0.2) is 0 Å². The second-order valence-corrected chi connectivity index (χ2v) is 8.16. The number of nitrogens with one attached hydrogen (secondary N) is 3. The van der Waals surface area contributed by atoms with E-state index in [0.29, 0.717) is 37.3 Å². The molecule has 4 amide bonds. The normalized spacial score (nSPS) is 15.3. The third-order valence-corrected chi connectivity index (χ3v) is 5.65. The number of carbonyl (C=O) groups excluding carboxylic acids is 3. The fourth-order valence-electron chi connectivity index (χ4n) is 3.86. The van der Waals surface area contributed by atoms with Crippen molar-refractivity contribution in [1.82, 2.24) is 15.2 Å². The lowest BCUT2D eigenvalue weighted by atomic mass is 9.97. The first-order chi connectivity index (χ1) is 16.6. The second-order valence-electron chi connectivity index (χ2n) is 8.16. The van der Waals surface area contributed by atoms with E-state index in [1.54, 1.807) is 35.4 Å². The highest BCUT2D eigenvalue weighted by Gasteiger charge is 2.28. The van der Waals surface area contributed by atoms with E-state index in [4.69, 9.17) is 0 Å². The first-order valence-corrected chi connectivity index (χ1v) is 11.3. The smallest absolute Gasteiger partial charge is 0.321 e. The Morgan fingerprint density at radius 3 is 2.50 bits per heavy atom. The molecule has 8 nitrogen and oxygen atoms in total. The topological polar surface area (TPSA) is 103 Å². The Kier molecular flexibility index (Phi) is 7.49. The molecule has 0 saturated carbocycles. The van der Waals surface area contributed by atoms with E-state index < -0.39 is 0 Å². The zero-order chi connectivity index (χ0) is 23.8. The molecule has 4 rings (SSSR count). The monoisotopic (exact) mass is 457 g/mol.